The van der Waals surface area contributed by atoms with Crippen LogP contribution in [0.25, 0.3) is 10.2 Å². The molecule has 3 heterocycles. The Bertz CT molecular complexity index is 1360. The topological polar surface area (TPSA) is 107 Å². The number of aromatic hydroxyl groups is 1. The molecule has 4 N–H and O–H groups in total. The Balaban J connectivity index is 1.73. The van der Waals surface area contributed by atoms with Crippen LogP contribution in [0.2, 0.25) is 0 Å². The minimum absolute atomic E-state index is 0.0638. The van der Waals surface area contributed by atoms with E-state index in [9.17, 15) is 19.0 Å². The Morgan fingerprint density at radius 1 is 1.03 bits per heavy atom. The van der Waals surface area contributed by atoms with E-state index < -0.39 is 16.3 Å². The molecule has 0 aliphatic carbocycles. The molecule has 2 aromatic carbocycles. The van der Waals surface area contributed by atoms with Gasteiger partial charge >= 0.3 is 0 Å². The van der Waals surface area contributed by atoms with Crippen LogP contribution in [0.1, 0.15) is 11.1 Å². The molecule has 9 heteroatoms. The Hall–Kier alpha value is -3.11. The minimum atomic E-state index is -3.52. The maximum atomic E-state index is 13.5. The van der Waals surface area contributed by atoms with Gasteiger partial charge in [-0.15, -0.1) is 15.7 Å². The molecular formula is C21H17N3O4S2. The number of aromatic nitrogens is 1. The zero-order chi connectivity index (χ0) is 20.9. The Labute approximate surface area is 177 Å². The number of hydrogen-bond acceptors (Lipinski definition) is 7. The molecule has 0 atom stereocenters. The van der Waals surface area contributed by atoms with Gasteiger partial charge in [-0.2, -0.15) is 0 Å². The summed E-state index contributed by atoms with van der Waals surface area (Å²) >= 11 is 1.35. The number of anilines is 1. The van der Waals surface area contributed by atoms with Crippen LogP contribution in [0.4, 0.5) is 5.69 Å². The molecule has 7 nitrogen and oxygen atoms in total. The molecule has 0 unspecified atom stereocenters. The van der Waals surface area contributed by atoms with Crippen LogP contribution in [-0.2, 0) is 6.54 Å². The van der Waals surface area contributed by atoms with Crippen molar-refractivity contribution in [1.29, 1.82) is 0 Å². The maximum absolute atomic E-state index is 13.5. The van der Waals surface area contributed by atoms with Gasteiger partial charge in [0.05, 0.1) is 17.6 Å². The van der Waals surface area contributed by atoms with Crippen molar-refractivity contribution in [3.05, 3.63) is 87.5 Å². The van der Waals surface area contributed by atoms with E-state index in [0.29, 0.717) is 22.4 Å². The summed E-state index contributed by atoms with van der Waals surface area (Å²) in [5, 5.41) is 16.2. The largest absolute Gasteiger partial charge is 0.506 e. The van der Waals surface area contributed by atoms with Crippen molar-refractivity contribution in [2.75, 3.05) is 5.32 Å². The Kier molecular flexibility index (Phi) is 4.40. The zero-order valence-corrected chi connectivity index (χ0v) is 17.2. The van der Waals surface area contributed by atoms with Crippen molar-refractivity contribution in [3.8, 4) is 5.75 Å². The van der Waals surface area contributed by atoms with E-state index in [1.807, 2.05) is 30.3 Å². The first kappa shape index (κ1) is 18.9. The molecule has 0 bridgehead atoms. The van der Waals surface area contributed by atoms with E-state index in [4.69, 9.17) is 0 Å². The van der Waals surface area contributed by atoms with Crippen molar-refractivity contribution in [3.63, 3.8) is 0 Å². The molecule has 0 saturated carbocycles. The van der Waals surface area contributed by atoms with Gasteiger partial charge < -0.3 is 10.4 Å². The minimum Gasteiger partial charge on any atom is -0.506 e. The van der Waals surface area contributed by atoms with Gasteiger partial charge in [-0.25, -0.2) is 0 Å². The fourth-order valence-electron chi connectivity index (χ4n) is 3.52. The highest BCUT2D eigenvalue weighted by atomic mass is 32.3. The van der Waals surface area contributed by atoms with Crippen molar-refractivity contribution >= 4 is 43.9 Å². The predicted molar refractivity (Wildman–Crippen MR) is 121 cm³/mol. The number of rotatable bonds is 3. The molecule has 0 spiro atoms. The molecule has 30 heavy (non-hydrogen) atoms. The second kappa shape index (κ2) is 6.99. The summed E-state index contributed by atoms with van der Waals surface area (Å²) in [5.74, 6) is -0.299. The lowest BCUT2D eigenvalue weighted by Gasteiger charge is -2.34. The number of para-hydroxylation sites is 1. The first-order valence-electron chi connectivity index (χ1n) is 9.07. The number of nitrogens with zero attached hydrogens (tertiary/aromatic N) is 2. The molecule has 0 amide bonds. The fourth-order valence-corrected chi connectivity index (χ4v) is 5.58. The van der Waals surface area contributed by atoms with E-state index in [1.54, 1.807) is 40.3 Å². The summed E-state index contributed by atoms with van der Waals surface area (Å²) in [4.78, 5) is 14.3. The molecule has 0 radical (unpaired) electrons. The molecule has 1 aliphatic heterocycles. The molecular weight excluding hydrogens is 422 g/mol. The molecule has 1 aliphatic rings. The third kappa shape index (κ3) is 2.99. The van der Waals surface area contributed by atoms with Crippen LogP contribution in [0.5, 0.6) is 5.75 Å². The number of fused-ring (bicyclic) bond motifs is 2. The lowest BCUT2D eigenvalue weighted by molar-refractivity contribution is 0.478. The summed E-state index contributed by atoms with van der Waals surface area (Å²) in [6, 6.07) is 17.9. The maximum Gasteiger partial charge on any atom is 0.266 e. The van der Waals surface area contributed by atoms with Gasteiger partial charge in [0, 0.05) is 0 Å². The SMILES string of the molecule is O=c1c(C2=NS(O)(O)c3ccccc3N2)c(O)c2ccsc2n1Cc1ccccc1. The number of hydrogen-bond donors (Lipinski definition) is 4. The molecule has 4 aromatic rings. The molecule has 152 valence electrons. The van der Waals surface area contributed by atoms with E-state index in [1.165, 1.54) is 11.3 Å². The predicted octanol–water partition coefficient (Wildman–Crippen LogP) is 4.71. The van der Waals surface area contributed by atoms with Crippen molar-refractivity contribution in [2.45, 2.75) is 11.4 Å². The second-order valence-electron chi connectivity index (χ2n) is 6.82. The zero-order valence-electron chi connectivity index (χ0n) is 15.5. The van der Waals surface area contributed by atoms with E-state index in [0.717, 1.165) is 5.56 Å². The van der Waals surface area contributed by atoms with E-state index >= 15 is 0 Å². The highest BCUT2D eigenvalue weighted by Gasteiger charge is 2.30. The van der Waals surface area contributed by atoms with Crippen LogP contribution < -0.4 is 10.9 Å². The highest BCUT2D eigenvalue weighted by molar-refractivity contribution is 8.23. The molecule has 5 rings (SSSR count). The van der Waals surface area contributed by atoms with Crippen LogP contribution in [-0.4, -0.2) is 24.6 Å². The summed E-state index contributed by atoms with van der Waals surface area (Å²) in [7, 11) is -3.52. The summed E-state index contributed by atoms with van der Waals surface area (Å²) in [6.07, 6.45) is 0. The lowest BCUT2D eigenvalue weighted by Crippen LogP contribution is -2.32. The van der Waals surface area contributed by atoms with E-state index in [2.05, 4.69) is 9.71 Å². The summed E-state index contributed by atoms with van der Waals surface area (Å²) in [5.41, 5.74) is 0.805. The number of thiophene rings is 1. The number of nitrogens with one attached hydrogen (secondary N) is 1. The van der Waals surface area contributed by atoms with Gasteiger partial charge in [-0.05, 0) is 29.1 Å². The first-order chi connectivity index (χ1) is 14.5. The summed E-state index contributed by atoms with van der Waals surface area (Å²) < 4.78 is 26.7. The Morgan fingerprint density at radius 2 is 1.77 bits per heavy atom. The molecule has 0 fully saturated rings. The van der Waals surface area contributed by atoms with Crippen molar-refractivity contribution in [1.82, 2.24) is 4.57 Å². The van der Waals surface area contributed by atoms with Crippen LogP contribution in [0, 0.1) is 0 Å². The average molecular weight is 440 g/mol. The monoisotopic (exact) mass is 439 g/mol. The number of pyridine rings is 1. The standard InChI is InChI=1S/C21H17N3O4S2/c25-18-14-10-11-29-21(14)24(12-13-6-2-1-3-7-13)20(26)17(18)19-22-15-8-4-5-9-16(15)30(27,28)23-19/h1-11,25,27-28H,12H2,(H,22,23). The lowest BCUT2D eigenvalue weighted by atomic mass is 10.1. The highest BCUT2D eigenvalue weighted by Crippen LogP contribution is 2.55. The first-order valence-corrected chi connectivity index (χ1v) is 11.5. The van der Waals surface area contributed by atoms with Crippen LogP contribution >= 0.6 is 22.1 Å². The number of benzene rings is 2. The van der Waals surface area contributed by atoms with Gasteiger partial charge in [0.1, 0.15) is 21.0 Å². The van der Waals surface area contributed by atoms with E-state index in [-0.39, 0.29) is 22.0 Å². The number of amidine groups is 1. The van der Waals surface area contributed by atoms with Gasteiger partial charge in [0.2, 0.25) is 0 Å². The third-order valence-electron chi connectivity index (χ3n) is 4.91. The van der Waals surface area contributed by atoms with Gasteiger partial charge in [0.15, 0.2) is 5.84 Å². The Morgan fingerprint density at radius 3 is 2.57 bits per heavy atom. The van der Waals surface area contributed by atoms with Gasteiger partial charge in [0.25, 0.3) is 5.56 Å². The van der Waals surface area contributed by atoms with Crippen LogP contribution in [0.15, 0.2) is 80.1 Å². The van der Waals surface area contributed by atoms with Crippen molar-refractivity contribution < 1.29 is 14.2 Å². The van der Waals surface area contributed by atoms with Crippen LogP contribution in [0.3, 0.4) is 0 Å². The fraction of sp³-hybridized carbons (Fsp3) is 0.0476. The summed E-state index contributed by atoms with van der Waals surface area (Å²) in [6.45, 7) is 0.310. The second-order valence-corrected chi connectivity index (χ2v) is 9.37. The van der Waals surface area contributed by atoms with Crippen molar-refractivity contribution in [2.24, 2.45) is 4.40 Å². The van der Waals surface area contributed by atoms with Gasteiger partial charge in [-0.1, -0.05) is 53.2 Å². The quantitative estimate of drug-likeness (QED) is 0.370. The average Bonchev–Trinajstić information content (AvgIpc) is 3.22. The smallest absolute Gasteiger partial charge is 0.266 e. The molecule has 0 saturated heterocycles. The molecule has 2 aromatic heterocycles. The normalized spacial score (nSPS) is 15.9. The van der Waals surface area contributed by atoms with Gasteiger partial charge in [-0.3, -0.25) is 18.5 Å². The third-order valence-corrected chi connectivity index (χ3v) is 7.23.